The summed E-state index contributed by atoms with van der Waals surface area (Å²) in [5.41, 5.74) is 0.00267. The van der Waals surface area contributed by atoms with E-state index in [-0.39, 0.29) is 17.9 Å². The van der Waals surface area contributed by atoms with Crippen molar-refractivity contribution in [3.8, 4) is 11.5 Å². The van der Waals surface area contributed by atoms with Gasteiger partial charge in [-0.2, -0.15) is 0 Å². The molecule has 2 aliphatic rings. The number of likely N-dealkylation sites (tertiary alicyclic amines) is 1. The van der Waals surface area contributed by atoms with Gasteiger partial charge in [0.1, 0.15) is 17.0 Å². The Morgan fingerprint density at radius 1 is 1.18 bits per heavy atom. The van der Waals surface area contributed by atoms with Crippen molar-refractivity contribution in [3.05, 3.63) is 23.8 Å². The van der Waals surface area contributed by atoms with Gasteiger partial charge in [0, 0.05) is 18.0 Å². The number of hydrogen-bond donors (Lipinski definition) is 1. The summed E-state index contributed by atoms with van der Waals surface area (Å²) in [7, 11) is 3.21. The molecule has 1 heterocycles. The Morgan fingerprint density at radius 3 is 2.54 bits per heavy atom. The molecule has 1 aromatic carbocycles. The van der Waals surface area contributed by atoms with Gasteiger partial charge in [-0.1, -0.05) is 25.7 Å². The molecule has 1 atom stereocenters. The first-order valence-corrected chi connectivity index (χ1v) is 10.3. The lowest BCUT2D eigenvalue weighted by molar-refractivity contribution is -0.141. The van der Waals surface area contributed by atoms with Crippen LogP contribution in [0.1, 0.15) is 63.9 Å². The second kappa shape index (κ2) is 8.84. The standard InChI is InChI=1S/C22H32N2O4/c1-22(21(26)23-17-8-6-4-5-7-9-17)13-12-20(25)24(22)15-16-14-18(27-2)10-11-19(16)28-3/h10-11,14,17H,4-9,12-13,15H2,1-3H3,(H,23,26)/t22-/m1/s1. The Balaban J connectivity index is 1.79. The largest absolute Gasteiger partial charge is 0.497 e. The first-order chi connectivity index (χ1) is 13.5. The third-order valence-electron chi connectivity index (χ3n) is 6.22. The summed E-state index contributed by atoms with van der Waals surface area (Å²) < 4.78 is 10.8. The summed E-state index contributed by atoms with van der Waals surface area (Å²) in [5, 5.41) is 3.24. The van der Waals surface area contributed by atoms with Gasteiger partial charge in [-0.25, -0.2) is 0 Å². The SMILES string of the molecule is COc1ccc(OC)c(CN2C(=O)CC[C@]2(C)C(=O)NC2CCCCCC2)c1. The van der Waals surface area contributed by atoms with Gasteiger partial charge in [0.15, 0.2) is 0 Å². The number of nitrogens with one attached hydrogen (secondary N) is 1. The molecule has 1 N–H and O–H groups in total. The van der Waals surface area contributed by atoms with Gasteiger partial charge in [0.05, 0.1) is 20.8 Å². The zero-order valence-corrected chi connectivity index (χ0v) is 17.3. The fourth-order valence-electron chi connectivity index (χ4n) is 4.33. The first-order valence-electron chi connectivity index (χ1n) is 10.3. The quantitative estimate of drug-likeness (QED) is 0.758. The van der Waals surface area contributed by atoms with Crippen molar-refractivity contribution in [1.29, 1.82) is 0 Å². The number of carbonyl (C=O) groups excluding carboxylic acids is 2. The van der Waals surface area contributed by atoms with E-state index in [1.807, 2.05) is 25.1 Å². The van der Waals surface area contributed by atoms with E-state index in [0.29, 0.717) is 30.9 Å². The van der Waals surface area contributed by atoms with Crippen LogP contribution in [-0.2, 0) is 16.1 Å². The molecule has 0 aromatic heterocycles. The van der Waals surface area contributed by atoms with Crippen molar-refractivity contribution in [3.63, 3.8) is 0 Å². The molecule has 1 saturated heterocycles. The maximum atomic E-state index is 13.2. The molecule has 28 heavy (non-hydrogen) atoms. The van der Waals surface area contributed by atoms with Crippen molar-refractivity contribution in [2.24, 2.45) is 0 Å². The Bertz CT molecular complexity index is 712. The zero-order valence-electron chi connectivity index (χ0n) is 17.3. The Morgan fingerprint density at radius 2 is 1.89 bits per heavy atom. The second-order valence-corrected chi connectivity index (χ2v) is 8.09. The average molecular weight is 389 g/mol. The van der Waals surface area contributed by atoms with E-state index in [4.69, 9.17) is 9.47 Å². The van der Waals surface area contributed by atoms with Gasteiger partial charge in [-0.15, -0.1) is 0 Å². The minimum atomic E-state index is -0.836. The number of amides is 2. The summed E-state index contributed by atoms with van der Waals surface area (Å²) >= 11 is 0. The van der Waals surface area contributed by atoms with Crippen LogP contribution >= 0.6 is 0 Å². The fourth-order valence-corrected chi connectivity index (χ4v) is 4.33. The maximum Gasteiger partial charge on any atom is 0.245 e. The number of ether oxygens (including phenoxy) is 2. The van der Waals surface area contributed by atoms with Crippen molar-refractivity contribution in [1.82, 2.24) is 10.2 Å². The van der Waals surface area contributed by atoms with Crippen LogP contribution < -0.4 is 14.8 Å². The highest BCUT2D eigenvalue weighted by molar-refractivity contribution is 5.94. The lowest BCUT2D eigenvalue weighted by Crippen LogP contribution is -2.56. The van der Waals surface area contributed by atoms with Gasteiger partial charge in [-0.3, -0.25) is 9.59 Å². The molecule has 3 rings (SSSR count). The highest BCUT2D eigenvalue weighted by Crippen LogP contribution is 2.35. The smallest absolute Gasteiger partial charge is 0.245 e. The second-order valence-electron chi connectivity index (χ2n) is 8.09. The maximum absolute atomic E-state index is 13.2. The van der Waals surface area contributed by atoms with Crippen LogP contribution in [0.15, 0.2) is 18.2 Å². The molecule has 0 unspecified atom stereocenters. The predicted octanol–water partition coefficient (Wildman–Crippen LogP) is 3.42. The van der Waals surface area contributed by atoms with Crippen molar-refractivity contribution in [2.75, 3.05) is 14.2 Å². The summed E-state index contributed by atoms with van der Waals surface area (Å²) in [6.45, 7) is 2.21. The molecule has 2 amide bonds. The third-order valence-corrected chi connectivity index (χ3v) is 6.22. The first kappa shape index (κ1) is 20.5. The van der Waals surface area contributed by atoms with Crippen LogP contribution in [-0.4, -0.2) is 42.5 Å². The highest BCUT2D eigenvalue weighted by Gasteiger charge is 2.47. The van der Waals surface area contributed by atoms with Gasteiger partial charge >= 0.3 is 0 Å². The molecule has 0 radical (unpaired) electrons. The van der Waals surface area contributed by atoms with Crippen LogP contribution in [0.25, 0.3) is 0 Å². The van der Waals surface area contributed by atoms with Crippen LogP contribution in [0.3, 0.4) is 0 Å². The highest BCUT2D eigenvalue weighted by atomic mass is 16.5. The normalized spacial score (nSPS) is 23.4. The average Bonchev–Trinajstić information content (AvgIpc) is 2.88. The van der Waals surface area contributed by atoms with E-state index in [1.165, 1.54) is 12.8 Å². The molecule has 6 nitrogen and oxygen atoms in total. The molecule has 0 spiro atoms. The number of hydrogen-bond acceptors (Lipinski definition) is 4. The minimum absolute atomic E-state index is 0.00314. The molecule has 0 bridgehead atoms. The van der Waals surface area contributed by atoms with E-state index < -0.39 is 5.54 Å². The molecule has 1 aromatic rings. The molecular formula is C22H32N2O4. The topological polar surface area (TPSA) is 67.9 Å². The number of benzene rings is 1. The summed E-state index contributed by atoms with van der Waals surface area (Å²) in [6.07, 6.45) is 7.78. The zero-order chi connectivity index (χ0) is 20.1. The van der Waals surface area contributed by atoms with Gasteiger partial charge in [0.25, 0.3) is 0 Å². The van der Waals surface area contributed by atoms with Crippen LogP contribution in [0, 0.1) is 0 Å². The summed E-state index contributed by atoms with van der Waals surface area (Å²) in [6, 6.07) is 5.74. The van der Waals surface area contributed by atoms with Gasteiger partial charge in [-0.05, 0) is 44.4 Å². The minimum Gasteiger partial charge on any atom is -0.497 e. The monoisotopic (exact) mass is 388 g/mol. The molecule has 2 fully saturated rings. The summed E-state index contributed by atoms with van der Waals surface area (Å²) in [5.74, 6) is 1.36. The van der Waals surface area contributed by atoms with Gasteiger partial charge < -0.3 is 19.7 Å². The number of methoxy groups -OCH3 is 2. The third kappa shape index (κ3) is 4.26. The molecule has 1 aliphatic carbocycles. The Hall–Kier alpha value is -2.24. The number of carbonyl (C=O) groups is 2. The van der Waals surface area contributed by atoms with E-state index in [0.717, 1.165) is 31.2 Å². The molecule has 6 heteroatoms. The van der Waals surface area contributed by atoms with E-state index in [9.17, 15) is 9.59 Å². The van der Waals surface area contributed by atoms with Crippen LogP contribution in [0.2, 0.25) is 0 Å². The van der Waals surface area contributed by atoms with E-state index in [2.05, 4.69) is 5.32 Å². The molecule has 154 valence electrons. The van der Waals surface area contributed by atoms with Crippen LogP contribution in [0.4, 0.5) is 0 Å². The van der Waals surface area contributed by atoms with E-state index in [1.54, 1.807) is 19.1 Å². The molecular weight excluding hydrogens is 356 g/mol. The number of nitrogens with zero attached hydrogens (tertiary/aromatic N) is 1. The lowest BCUT2D eigenvalue weighted by Gasteiger charge is -2.35. The molecule has 1 saturated carbocycles. The van der Waals surface area contributed by atoms with E-state index >= 15 is 0 Å². The lowest BCUT2D eigenvalue weighted by atomic mass is 9.95. The van der Waals surface area contributed by atoms with Crippen molar-refractivity contribution < 1.29 is 19.1 Å². The molecule has 1 aliphatic heterocycles. The van der Waals surface area contributed by atoms with Crippen LogP contribution in [0.5, 0.6) is 11.5 Å². The Labute approximate surface area is 167 Å². The predicted molar refractivity (Wildman–Crippen MR) is 107 cm³/mol. The summed E-state index contributed by atoms with van der Waals surface area (Å²) in [4.78, 5) is 27.6. The van der Waals surface area contributed by atoms with Crippen molar-refractivity contribution >= 4 is 11.8 Å². The Kier molecular flexibility index (Phi) is 6.47. The van der Waals surface area contributed by atoms with Crippen molar-refractivity contribution in [2.45, 2.75) is 76.4 Å². The number of rotatable bonds is 6. The fraction of sp³-hybridized carbons (Fsp3) is 0.636. The van der Waals surface area contributed by atoms with Gasteiger partial charge in [0.2, 0.25) is 11.8 Å².